The molecule has 4 saturated heterocycles. The first kappa shape index (κ1) is 30.1. The van der Waals surface area contributed by atoms with E-state index in [0.29, 0.717) is 13.0 Å². The normalized spacial score (nSPS) is 33.7. The fraction of sp³-hybridized carbons (Fsp3) is 0.931. The third-order valence-electron chi connectivity index (χ3n) is 10.6. The lowest BCUT2D eigenvalue weighted by atomic mass is 9.65. The number of piperidine rings is 2. The standard InChI is InChI=1S/C29H51F2N7O2/c30-20-4-10-29(8-2-1-3-9-29)14-22(35-15-20)25(26(32)33)27(39)36-23-16-34-11-5-24(23)37-12-6-19(7-13-37)28(40)38-17-21(31)18-38/h19-26,34-35H,1-18,32-33H2,(H,36,39). The van der Waals surface area contributed by atoms with Crippen molar-refractivity contribution < 1.29 is 18.4 Å². The summed E-state index contributed by atoms with van der Waals surface area (Å²) in [7, 11) is 0. The maximum atomic E-state index is 14.7. The van der Waals surface area contributed by atoms with Gasteiger partial charge >= 0.3 is 0 Å². The lowest BCUT2D eigenvalue weighted by molar-refractivity contribution is -0.144. The number of hydrogen-bond donors (Lipinski definition) is 5. The Morgan fingerprint density at radius 3 is 2.33 bits per heavy atom. The fourth-order valence-electron chi connectivity index (χ4n) is 8.17. The van der Waals surface area contributed by atoms with E-state index in [4.69, 9.17) is 11.5 Å². The minimum absolute atomic E-state index is 0.0463. The molecule has 7 N–H and O–H groups in total. The van der Waals surface area contributed by atoms with Gasteiger partial charge in [0, 0.05) is 31.1 Å². The first-order valence-electron chi connectivity index (χ1n) is 15.8. The zero-order valence-electron chi connectivity index (χ0n) is 24.0. The number of halogens is 2. The molecule has 1 spiro atoms. The molecule has 9 nitrogen and oxygen atoms in total. The number of rotatable bonds is 6. The molecule has 2 amide bonds. The monoisotopic (exact) mass is 567 g/mol. The van der Waals surface area contributed by atoms with Crippen LogP contribution in [0.5, 0.6) is 0 Å². The van der Waals surface area contributed by atoms with E-state index in [1.807, 2.05) is 0 Å². The van der Waals surface area contributed by atoms with Crippen LogP contribution in [-0.4, -0.2) is 104 Å². The highest BCUT2D eigenvalue weighted by atomic mass is 19.1. The number of likely N-dealkylation sites (tertiary alicyclic amines) is 2. The van der Waals surface area contributed by atoms with Crippen LogP contribution in [0.2, 0.25) is 0 Å². The molecule has 228 valence electrons. The van der Waals surface area contributed by atoms with Crippen LogP contribution in [0.3, 0.4) is 0 Å². The molecule has 0 aromatic heterocycles. The van der Waals surface area contributed by atoms with E-state index in [-0.39, 0.29) is 60.9 Å². The van der Waals surface area contributed by atoms with Gasteiger partial charge in [0.1, 0.15) is 12.3 Å². The predicted octanol–water partition coefficient (Wildman–Crippen LogP) is 1.02. The van der Waals surface area contributed by atoms with Gasteiger partial charge in [0.2, 0.25) is 11.8 Å². The predicted molar refractivity (Wildman–Crippen MR) is 151 cm³/mol. The molecule has 11 heteroatoms. The van der Waals surface area contributed by atoms with Crippen molar-refractivity contribution in [2.75, 3.05) is 45.8 Å². The molecule has 4 heterocycles. The summed E-state index contributed by atoms with van der Waals surface area (Å²) in [4.78, 5) is 30.6. The number of nitrogens with one attached hydrogen (secondary N) is 3. The van der Waals surface area contributed by atoms with Gasteiger partial charge in [0.05, 0.1) is 31.2 Å². The summed E-state index contributed by atoms with van der Waals surface area (Å²) in [6, 6.07) is -0.220. The molecule has 5 rings (SSSR count). The van der Waals surface area contributed by atoms with E-state index in [1.165, 1.54) is 6.42 Å². The molecule has 1 aliphatic carbocycles. The van der Waals surface area contributed by atoms with Crippen LogP contribution in [-0.2, 0) is 9.59 Å². The van der Waals surface area contributed by atoms with Crippen LogP contribution in [0.25, 0.3) is 0 Å². The largest absolute Gasteiger partial charge is 0.350 e. The molecule has 5 aliphatic rings. The van der Waals surface area contributed by atoms with Crippen LogP contribution in [0.1, 0.15) is 70.6 Å². The second kappa shape index (κ2) is 13.3. The Morgan fingerprint density at radius 2 is 1.65 bits per heavy atom. The van der Waals surface area contributed by atoms with Crippen molar-refractivity contribution >= 4 is 11.8 Å². The molecule has 0 aromatic rings. The van der Waals surface area contributed by atoms with Crippen molar-refractivity contribution in [1.82, 2.24) is 25.8 Å². The SMILES string of the molecule is NC(N)C(C(=O)NC1CNCCC1N1CCC(C(=O)N2CC(F)C2)CC1)C1CC2(CCCCC2)CCC(F)CN1. The number of amides is 2. The third-order valence-corrected chi connectivity index (χ3v) is 10.6. The van der Waals surface area contributed by atoms with E-state index in [2.05, 4.69) is 20.9 Å². The lowest BCUT2D eigenvalue weighted by Gasteiger charge is -2.46. The summed E-state index contributed by atoms with van der Waals surface area (Å²) in [5.41, 5.74) is 12.6. The zero-order valence-corrected chi connectivity index (χ0v) is 24.0. The number of nitrogens with zero attached hydrogens (tertiary/aromatic N) is 2. The van der Waals surface area contributed by atoms with Gasteiger partial charge in [0.25, 0.3) is 0 Å². The Bertz CT molecular complexity index is 859. The summed E-state index contributed by atoms with van der Waals surface area (Å²) < 4.78 is 28.0. The maximum Gasteiger partial charge on any atom is 0.227 e. The molecule has 1 saturated carbocycles. The Labute approximate surface area is 237 Å². The van der Waals surface area contributed by atoms with Crippen molar-refractivity contribution in [1.29, 1.82) is 0 Å². The van der Waals surface area contributed by atoms with E-state index in [0.717, 1.165) is 77.4 Å². The topological polar surface area (TPSA) is 129 Å². The zero-order chi connectivity index (χ0) is 28.3. The molecule has 4 aliphatic heterocycles. The molecule has 0 bridgehead atoms. The third kappa shape index (κ3) is 6.97. The molecule has 5 unspecified atom stereocenters. The quantitative estimate of drug-likeness (QED) is 0.303. The van der Waals surface area contributed by atoms with Crippen LogP contribution < -0.4 is 27.4 Å². The van der Waals surface area contributed by atoms with Crippen molar-refractivity contribution in [3.8, 4) is 0 Å². The van der Waals surface area contributed by atoms with E-state index in [9.17, 15) is 18.4 Å². The molecular weight excluding hydrogens is 516 g/mol. The van der Waals surface area contributed by atoms with Crippen molar-refractivity contribution in [3.63, 3.8) is 0 Å². The second-order valence-electron chi connectivity index (χ2n) is 13.3. The number of alkyl halides is 2. The van der Waals surface area contributed by atoms with E-state index in [1.54, 1.807) is 4.90 Å². The molecule has 0 aromatic carbocycles. The van der Waals surface area contributed by atoms with Crippen molar-refractivity contribution in [2.24, 2.45) is 28.7 Å². The fourth-order valence-corrected chi connectivity index (χ4v) is 8.17. The Balaban J connectivity index is 1.22. The average molecular weight is 568 g/mol. The number of carbonyl (C=O) groups is 2. The Kier molecular flexibility index (Phi) is 9.98. The van der Waals surface area contributed by atoms with Crippen LogP contribution in [0.4, 0.5) is 8.78 Å². The van der Waals surface area contributed by atoms with Crippen LogP contribution >= 0.6 is 0 Å². The van der Waals surface area contributed by atoms with E-state index >= 15 is 0 Å². The van der Waals surface area contributed by atoms with Crippen molar-refractivity contribution in [2.45, 2.75) is 107 Å². The molecule has 0 radical (unpaired) electrons. The highest BCUT2D eigenvalue weighted by Crippen LogP contribution is 2.46. The number of nitrogens with two attached hydrogens (primary N) is 2. The average Bonchev–Trinajstić information content (AvgIpc) is 2.93. The van der Waals surface area contributed by atoms with Gasteiger partial charge < -0.3 is 32.3 Å². The summed E-state index contributed by atoms with van der Waals surface area (Å²) in [6.45, 7) is 3.77. The van der Waals surface area contributed by atoms with E-state index < -0.39 is 24.4 Å². The minimum atomic E-state index is -0.930. The van der Waals surface area contributed by atoms with Gasteiger partial charge in [-0.1, -0.05) is 19.3 Å². The van der Waals surface area contributed by atoms with Gasteiger partial charge in [-0.05, 0) is 76.4 Å². The molecule has 40 heavy (non-hydrogen) atoms. The molecular formula is C29H51F2N7O2. The van der Waals surface area contributed by atoms with Gasteiger partial charge in [-0.25, -0.2) is 8.78 Å². The van der Waals surface area contributed by atoms with Gasteiger partial charge in [0.15, 0.2) is 0 Å². The summed E-state index contributed by atoms with van der Waals surface area (Å²) >= 11 is 0. The Hall–Kier alpha value is -1.40. The van der Waals surface area contributed by atoms with Crippen molar-refractivity contribution in [3.05, 3.63) is 0 Å². The minimum Gasteiger partial charge on any atom is -0.350 e. The maximum absolute atomic E-state index is 14.7. The molecule has 5 atom stereocenters. The highest BCUT2D eigenvalue weighted by Gasteiger charge is 2.44. The van der Waals surface area contributed by atoms with Crippen LogP contribution in [0, 0.1) is 17.3 Å². The second-order valence-corrected chi connectivity index (χ2v) is 13.3. The van der Waals surface area contributed by atoms with Gasteiger partial charge in [-0.3, -0.25) is 14.5 Å². The van der Waals surface area contributed by atoms with Gasteiger partial charge in [-0.15, -0.1) is 0 Å². The first-order valence-corrected chi connectivity index (χ1v) is 15.8. The van der Waals surface area contributed by atoms with Crippen LogP contribution in [0.15, 0.2) is 0 Å². The van der Waals surface area contributed by atoms with Gasteiger partial charge in [-0.2, -0.15) is 0 Å². The smallest absolute Gasteiger partial charge is 0.227 e. The molecule has 5 fully saturated rings. The first-order chi connectivity index (χ1) is 19.2. The summed E-state index contributed by atoms with van der Waals surface area (Å²) in [5.74, 6) is -0.765. The lowest BCUT2D eigenvalue weighted by Crippen LogP contribution is -2.65. The number of hydrogen-bond acceptors (Lipinski definition) is 7. The Morgan fingerprint density at radius 1 is 0.925 bits per heavy atom. The number of carbonyl (C=O) groups excluding carboxylic acids is 2. The summed E-state index contributed by atoms with van der Waals surface area (Å²) in [5, 5.41) is 10.1. The highest BCUT2D eigenvalue weighted by molar-refractivity contribution is 5.81. The summed E-state index contributed by atoms with van der Waals surface area (Å²) in [6.07, 6.45) is 7.66.